The molecule has 10 heteroatoms. The largest absolute Gasteiger partial charge is 0.480 e. The molecule has 3 N–H and O–H groups in total. The van der Waals surface area contributed by atoms with E-state index in [4.69, 9.17) is 4.52 Å². The fourth-order valence-corrected chi connectivity index (χ4v) is 5.44. The van der Waals surface area contributed by atoms with Crippen molar-refractivity contribution < 1.29 is 29.1 Å². The lowest BCUT2D eigenvalue weighted by Gasteiger charge is -2.43. The summed E-state index contributed by atoms with van der Waals surface area (Å²) >= 11 is 1.34. The van der Waals surface area contributed by atoms with Gasteiger partial charge in [-0.2, -0.15) is 0 Å². The molecule has 2 amide bonds. The number of aliphatic hydroxyl groups excluding tert-OH is 1. The van der Waals surface area contributed by atoms with Crippen LogP contribution in [0.4, 0.5) is 0 Å². The molecule has 2 aliphatic rings. The van der Waals surface area contributed by atoms with Gasteiger partial charge in [0.25, 0.3) is 5.91 Å². The summed E-state index contributed by atoms with van der Waals surface area (Å²) in [6.45, 7) is 3.00. The van der Waals surface area contributed by atoms with Gasteiger partial charge in [0.05, 0.1) is 0 Å². The monoisotopic (exact) mass is 417 g/mol. The number of aliphatic hydroxyl groups is 1. The standard InChI is InChI=1S/C19H19N3O6S/c1-19(2)14(18(26)27)22-16(25)13(17(22)29-19)20-15(24)11-10(8-23)28-21-12(11)9-6-4-3-5-7-9/h3-7,13-14,17,23H,8H2,1-2H3,(H,20,24)(H,26,27)/t13-,14+,17-/m1/s1. The summed E-state index contributed by atoms with van der Waals surface area (Å²) in [5, 5.41) is 25.1. The van der Waals surface area contributed by atoms with Gasteiger partial charge < -0.3 is 25.0 Å². The maximum absolute atomic E-state index is 13.0. The first-order chi connectivity index (χ1) is 13.8. The van der Waals surface area contributed by atoms with Gasteiger partial charge in [0.1, 0.15) is 35.3 Å². The minimum Gasteiger partial charge on any atom is -0.480 e. The van der Waals surface area contributed by atoms with Crippen molar-refractivity contribution in [1.29, 1.82) is 0 Å². The molecular formula is C19H19N3O6S. The predicted octanol–water partition coefficient (Wildman–Crippen LogP) is 1.08. The second kappa shape index (κ2) is 6.89. The van der Waals surface area contributed by atoms with E-state index in [2.05, 4.69) is 10.5 Å². The zero-order chi connectivity index (χ0) is 20.9. The van der Waals surface area contributed by atoms with Crippen LogP contribution in [0.3, 0.4) is 0 Å². The van der Waals surface area contributed by atoms with Crippen molar-refractivity contribution in [2.24, 2.45) is 0 Å². The van der Waals surface area contributed by atoms with E-state index in [0.717, 1.165) is 0 Å². The Morgan fingerprint density at radius 3 is 2.62 bits per heavy atom. The molecule has 0 saturated carbocycles. The Morgan fingerprint density at radius 2 is 2.00 bits per heavy atom. The first-order valence-corrected chi connectivity index (χ1v) is 9.82. The van der Waals surface area contributed by atoms with E-state index in [1.807, 2.05) is 6.07 Å². The number of amides is 2. The van der Waals surface area contributed by atoms with Crippen LogP contribution >= 0.6 is 11.8 Å². The molecule has 3 atom stereocenters. The first kappa shape index (κ1) is 19.5. The normalized spacial score (nSPS) is 24.7. The van der Waals surface area contributed by atoms with Crippen molar-refractivity contribution in [1.82, 2.24) is 15.4 Å². The van der Waals surface area contributed by atoms with Crippen LogP contribution in [-0.4, -0.2) is 60.3 Å². The maximum Gasteiger partial charge on any atom is 0.327 e. The molecule has 0 unspecified atom stereocenters. The highest BCUT2D eigenvalue weighted by Gasteiger charge is 2.64. The van der Waals surface area contributed by atoms with E-state index in [9.17, 15) is 24.6 Å². The fraction of sp³-hybridized carbons (Fsp3) is 0.368. The van der Waals surface area contributed by atoms with Crippen LogP contribution in [0.15, 0.2) is 34.9 Å². The quantitative estimate of drug-likeness (QED) is 0.616. The number of benzene rings is 1. The molecule has 3 heterocycles. The zero-order valence-corrected chi connectivity index (χ0v) is 16.5. The summed E-state index contributed by atoms with van der Waals surface area (Å²) in [5.41, 5.74) is 0.950. The Kier molecular flexibility index (Phi) is 4.62. The van der Waals surface area contributed by atoms with Gasteiger partial charge >= 0.3 is 5.97 Å². The van der Waals surface area contributed by atoms with E-state index < -0.39 is 46.6 Å². The molecule has 29 heavy (non-hydrogen) atoms. The minimum atomic E-state index is -1.07. The Bertz CT molecular complexity index is 989. The van der Waals surface area contributed by atoms with Crippen molar-refractivity contribution in [3.8, 4) is 11.3 Å². The average molecular weight is 417 g/mol. The number of hydrogen-bond acceptors (Lipinski definition) is 7. The number of carboxylic acid groups (broad SMARTS) is 1. The molecular weight excluding hydrogens is 398 g/mol. The van der Waals surface area contributed by atoms with E-state index in [1.165, 1.54) is 16.7 Å². The van der Waals surface area contributed by atoms with E-state index >= 15 is 0 Å². The Balaban J connectivity index is 1.60. The third kappa shape index (κ3) is 2.99. The summed E-state index contributed by atoms with van der Waals surface area (Å²) in [5.74, 6) is -2.13. The Morgan fingerprint density at radius 1 is 1.31 bits per heavy atom. The fourth-order valence-electron chi connectivity index (χ4n) is 3.82. The number of fused-ring (bicyclic) bond motifs is 1. The van der Waals surface area contributed by atoms with Crippen molar-refractivity contribution >= 4 is 29.5 Å². The molecule has 2 aromatic rings. The van der Waals surface area contributed by atoms with E-state index in [1.54, 1.807) is 38.1 Å². The topological polar surface area (TPSA) is 133 Å². The summed E-state index contributed by atoms with van der Waals surface area (Å²) in [6.07, 6.45) is 0. The molecule has 0 spiro atoms. The minimum absolute atomic E-state index is 0.00667. The second-order valence-electron chi connectivity index (χ2n) is 7.40. The van der Waals surface area contributed by atoms with Gasteiger partial charge in [0, 0.05) is 10.3 Å². The van der Waals surface area contributed by atoms with Gasteiger partial charge in [0.15, 0.2) is 5.76 Å². The lowest BCUT2D eigenvalue weighted by Crippen LogP contribution is -2.70. The molecule has 4 rings (SSSR count). The molecule has 2 fully saturated rings. The highest BCUT2D eigenvalue weighted by molar-refractivity contribution is 8.01. The predicted molar refractivity (Wildman–Crippen MR) is 103 cm³/mol. The van der Waals surface area contributed by atoms with Crippen LogP contribution in [0.1, 0.15) is 30.0 Å². The van der Waals surface area contributed by atoms with Crippen LogP contribution in [0.5, 0.6) is 0 Å². The lowest BCUT2D eigenvalue weighted by molar-refractivity contribution is -0.159. The van der Waals surface area contributed by atoms with E-state index in [0.29, 0.717) is 5.56 Å². The van der Waals surface area contributed by atoms with Crippen molar-refractivity contribution in [3.05, 3.63) is 41.7 Å². The number of rotatable bonds is 5. The maximum atomic E-state index is 13.0. The molecule has 0 aliphatic carbocycles. The zero-order valence-electron chi connectivity index (χ0n) is 15.7. The number of carbonyl (C=O) groups is 3. The summed E-state index contributed by atoms with van der Waals surface area (Å²) < 4.78 is 4.42. The lowest BCUT2D eigenvalue weighted by atomic mass is 9.95. The van der Waals surface area contributed by atoms with Crippen molar-refractivity contribution in [2.75, 3.05) is 0 Å². The highest BCUT2D eigenvalue weighted by Crippen LogP contribution is 2.50. The van der Waals surface area contributed by atoms with Crippen molar-refractivity contribution in [2.45, 2.75) is 42.7 Å². The smallest absolute Gasteiger partial charge is 0.327 e. The molecule has 1 aromatic heterocycles. The third-order valence-corrected chi connectivity index (χ3v) is 6.71. The van der Waals surface area contributed by atoms with Gasteiger partial charge in [-0.25, -0.2) is 4.79 Å². The van der Waals surface area contributed by atoms with Crippen LogP contribution in [0, 0.1) is 0 Å². The number of carbonyl (C=O) groups excluding carboxylic acids is 2. The third-order valence-electron chi connectivity index (χ3n) is 5.14. The van der Waals surface area contributed by atoms with Crippen LogP contribution < -0.4 is 5.32 Å². The summed E-state index contributed by atoms with van der Waals surface area (Å²) in [7, 11) is 0. The molecule has 2 saturated heterocycles. The van der Waals surface area contributed by atoms with Gasteiger partial charge in [-0.05, 0) is 13.8 Å². The van der Waals surface area contributed by atoms with Crippen LogP contribution in [-0.2, 0) is 16.2 Å². The number of β-lactam (4-membered cyclic amide) rings is 1. The Hall–Kier alpha value is -2.85. The number of nitrogens with one attached hydrogen (secondary N) is 1. The number of thioether (sulfide) groups is 1. The highest BCUT2D eigenvalue weighted by atomic mass is 32.2. The molecule has 152 valence electrons. The molecule has 2 aliphatic heterocycles. The van der Waals surface area contributed by atoms with Crippen LogP contribution in [0.25, 0.3) is 11.3 Å². The van der Waals surface area contributed by atoms with Gasteiger partial charge in [-0.1, -0.05) is 35.5 Å². The Labute approximate surface area is 170 Å². The number of aliphatic carboxylic acids is 1. The van der Waals surface area contributed by atoms with Gasteiger partial charge in [-0.3, -0.25) is 9.59 Å². The number of hydrogen-bond donors (Lipinski definition) is 3. The molecule has 0 radical (unpaired) electrons. The molecule has 9 nitrogen and oxygen atoms in total. The van der Waals surface area contributed by atoms with Crippen molar-refractivity contribution in [3.63, 3.8) is 0 Å². The number of nitrogens with zero attached hydrogens (tertiary/aromatic N) is 2. The second-order valence-corrected chi connectivity index (χ2v) is 9.17. The van der Waals surface area contributed by atoms with Crippen LogP contribution in [0.2, 0.25) is 0 Å². The first-order valence-electron chi connectivity index (χ1n) is 8.94. The molecule has 1 aromatic carbocycles. The van der Waals surface area contributed by atoms with E-state index in [-0.39, 0.29) is 17.0 Å². The summed E-state index contributed by atoms with van der Waals surface area (Å²) in [6, 6.07) is 7.05. The van der Waals surface area contributed by atoms with Gasteiger partial charge in [0.2, 0.25) is 5.91 Å². The molecule has 0 bridgehead atoms. The summed E-state index contributed by atoms with van der Waals surface area (Å²) in [4.78, 5) is 38.5. The number of aromatic nitrogens is 1. The van der Waals surface area contributed by atoms with Gasteiger partial charge in [-0.15, -0.1) is 11.8 Å². The average Bonchev–Trinajstić information content (AvgIpc) is 3.23. The SMILES string of the molecule is CC1(C)S[C@@H]2[C@H](NC(=O)c3c(-c4ccccc4)noc3CO)C(=O)N2[C@H]1C(=O)O. The number of carboxylic acids is 1.